The number of carbonyl (C=O) groups is 1. The monoisotopic (exact) mass is 297 g/mol. The fourth-order valence-electron chi connectivity index (χ4n) is 3.50. The molecule has 1 saturated heterocycles. The van der Waals surface area contributed by atoms with Gasteiger partial charge in [-0.05, 0) is 30.5 Å². The van der Waals surface area contributed by atoms with E-state index in [0.717, 1.165) is 45.6 Å². The minimum atomic E-state index is 0.296. The van der Waals surface area contributed by atoms with Crippen LogP contribution >= 0.6 is 0 Å². The maximum atomic E-state index is 12.4. The first-order chi connectivity index (χ1) is 10.8. The van der Waals surface area contributed by atoms with Crippen LogP contribution < -0.4 is 0 Å². The number of piperazine rings is 1. The van der Waals surface area contributed by atoms with Crippen LogP contribution in [0.4, 0.5) is 0 Å². The molecule has 22 heavy (non-hydrogen) atoms. The van der Waals surface area contributed by atoms with E-state index in [1.807, 2.05) is 24.3 Å². The third kappa shape index (κ3) is 3.48. The standard InChI is InChI=1S/C18H23N3O/c19-13-15-5-7-16(8-6-15)14-20-9-11-21(12-10-20)18(22)17-3-1-2-4-17/h5-8,17H,1-4,9-12,14H2. The van der Waals surface area contributed by atoms with Crippen molar-refractivity contribution < 1.29 is 4.79 Å². The van der Waals surface area contributed by atoms with E-state index in [4.69, 9.17) is 5.26 Å². The van der Waals surface area contributed by atoms with E-state index >= 15 is 0 Å². The zero-order chi connectivity index (χ0) is 15.4. The third-order valence-corrected chi connectivity index (χ3v) is 4.88. The summed E-state index contributed by atoms with van der Waals surface area (Å²) < 4.78 is 0. The maximum Gasteiger partial charge on any atom is 0.225 e. The second-order valence-corrected chi connectivity index (χ2v) is 6.39. The summed E-state index contributed by atoms with van der Waals surface area (Å²) in [5.41, 5.74) is 1.94. The lowest BCUT2D eigenvalue weighted by Crippen LogP contribution is -2.49. The van der Waals surface area contributed by atoms with Crippen molar-refractivity contribution in [1.82, 2.24) is 9.80 Å². The molecular formula is C18H23N3O. The Morgan fingerprint density at radius 2 is 1.73 bits per heavy atom. The molecular weight excluding hydrogens is 274 g/mol. The van der Waals surface area contributed by atoms with Gasteiger partial charge < -0.3 is 4.90 Å². The maximum absolute atomic E-state index is 12.4. The summed E-state index contributed by atoms with van der Waals surface area (Å²) in [5.74, 6) is 0.681. The van der Waals surface area contributed by atoms with Crippen LogP contribution in [0.15, 0.2) is 24.3 Å². The second-order valence-electron chi connectivity index (χ2n) is 6.39. The Bertz CT molecular complexity index is 547. The van der Waals surface area contributed by atoms with Crippen molar-refractivity contribution in [1.29, 1.82) is 5.26 Å². The molecule has 1 saturated carbocycles. The molecule has 1 aromatic rings. The van der Waals surface area contributed by atoms with Crippen LogP contribution in [0.3, 0.4) is 0 Å². The van der Waals surface area contributed by atoms with E-state index in [0.29, 0.717) is 17.4 Å². The number of carbonyl (C=O) groups excluding carboxylic acids is 1. The molecule has 0 radical (unpaired) electrons. The van der Waals surface area contributed by atoms with Crippen molar-refractivity contribution in [3.63, 3.8) is 0 Å². The smallest absolute Gasteiger partial charge is 0.225 e. The topological polar surface area (TPSA) is 47.3 Å². The number of rotatable bonds is 3. The zero-order valence-electron chi connectivity index (χ0n) is 13.0. The normalized spacial score (nSPS) is 20.0. The SMILES string of the molecule is N#Cc1ccc(CN2CCN(C(=O)C3CCCC3)CC2)cc1. The minimum Gasteiger partial charge on any atom is -0.340 e. The molecule has 0 atom stereocenters. The highest BCUT2D eigenvalue weighted by Gasteiger charge is 2.29. The molecule has 1 heterocycles. The molecule has 0 N–H and O–H groups in total. The Kier molecular flexibility index (Phi) is 4.74. The summed E-state index contributed by atoms with van der Waals surface area (Å²) >= 11 is 0. The molecule has 116 valence electrons. The van der Waals surface area contributed by atoms with Crippen LogP contribution in [0.25, 0.3) is 0 Å². The molecule has 0 unspecified atom stereocenters. The van der Waals surface area contributed by atoms with Crippen molar-refractivity contribution in [3.8, 4) is 6.07 Å². The van der Waals surface area contributed by atoms with Gasteiger partial charge in [0.25, 0.3) is 0 Å². The highest BCUT2D eigenvalue weighted by molar-refractivity contribution is 5.79. The number of hydrogen-bond donors (Lipinski definition) is 0. The Labute approximate surface area is 132 Å². The Balaban J connectivity index is 1.48. The summed E-state index contributed by atoms with van der Waals surface area (Å²) in [4.78, 5) is 16.9. The number of benzene rings is 1. The highest BCUT2D eigenvalue weighted by atomic mass is 16.2. The van der Waals surface area contributed by atoms with Crippen molar-refractivity contribution in [2.45, 2.75) is 32.2 Å². The van der Waals surface area contributed by atoms with Gasteiger partial charge in [-0.15, -0.1) is 0 Å². The van der Waals surface area contributed by atoms with Crippen LogP contribution in [0.5, 0.6) is 0 Å². The number of hydrogen-bond acceptors (Lipinski definition) is 3. The summed E-state index contributed by atoms with van der Waals surface area (Å²) in [6, 6.07) is 9.93. The van der Waals surface area contributed by atoms with E-state index < -0.39 is 0 Å². The summed E-state index contributed by atoms with van der Waals surface area (Å²) in [6.45, 7) is 4.49. The lowest BCUT2D eigenvalue weighted by molar-refractivity contribution is -0.137. The molecule has 3 rings (SSSR count). The lowest BCUT2D eigenvalue weighted by Gasteiger charge is -2.36. The molecule has 2 fully saturated rings. The Morgan fingerprint density at radius 1 is 1.09 bits per heavy atom. The van der Waals surface area contributed by atoms with Gasteiger partial charge in [-0.25, -0.2) is 0 Å². The number of amides is 1. The van der Waals surface area contributed by atoms with Gasteiger partial charge >= 0.3 is 0 Å². The third-order valence-electron chi connectivity index (χ3n) is 4.88. The molecule has 0 spiro atoms. The minimum absolute atomic E-state index is 0.296. The van der Waals surface area contributed by atoms with Crippen molar-refractivity contribution >= 4 is 5.91 Å². The van der Waals surface area contributed by atoms with E-state index in [2.05, 4.69) is 15.9 Å². The largest absolute Gasteiger partial charge is 0.340 e. The predicted octanol–water partition coefficient (Wildman–Crippen LogP) is 2.39. The summed E-state index contributed by atoms with van der Waals surface area (Å²) in [5, 5.41) is 8.82. The van der Waals surface area contributed by atoms with Gasteiger partial charge in [0.15, 0.2) is 0 Å². The van der Waals surface area contributed by atoms with Crippen molar-refractivity contribution in [2.75, 3.05) is 26.2 Å². The number of nitrogens with zero attached hydrogens (tertiary/aromatic N) is 3. The van der Waals surface area contributed by atoms with Gasteiger partial charge in [0.1, 0.15) is 0 Å². The average Bonchev–Trinajstić information content (AvgIpc) is 3.10. The van der Waals surface area contributed by atoms with Gasteiger partial charge in [0.05, 0.1) is 11.6 Å². The predicted molar refractivity (Wildman–Crippen MR) is 85.0 cm³/mol. The quantitative estimate of drug-likeness (QED) is 0.860. The summed E-state index contributed by atoms with van der Waals surface area (Å²) in [7, 11) is 0. The van der Waals surface area contributed by atoms with E-state index in [1.165, 1.54) is 18.4 Å². The van der Waals surface area contributed by atoms with E-state index in [9.17, 15) is 4.79 Å². The Hall–Kier alpha value is -1.86. The first kappa shape index (κ1) is 15.1. The molecule has 0 bridgehead atoms. The van der Waals surface area contributed by atoms with E-state index in [1.54, 1.807) is 0 Å². The Morgan fingerprint density at radius 3 is 2.32 bits per heavy atom. The molecule has 2 aliphatic rings. The fourth-order valence-corrected chi connectivity index (χ4v) is 3.50. The second kappa shape index (κ2) is 6.93. The molecule has 1 amide bonds. The van der Waals surface area contributed by atoms with Crippen LogP contribution in [-0.2, 0) is 11.3 Å². The molecule has 0 aromatic heterocycles. The molecule has 4 nitrogen and oxygen atoms in total. The first-order valence-electron chi connectivity index (χ1n) is 8.26. The van der Waals surface area contributed by atoms with Crippen LogP contribution in [0.2, 0.25) is 0 Å². The van der Waals surface area contributed by atoms with Crippen LogP contribution in [0.1, 0.15) is 36.8 Å². The first-order valence-corrected chi connectivity index (χ1v) is 8.26. The number of nitriles is 1. The van der Waals surface area contributed by atoms with Crippen LogP contribution in [-0.4, -0.2) is 41.9 Å². The van der Waals surface area contributed by atoms with Gasteiger partial charge in [-0.3, -0.25) is 9.69 Å². The average molecular weight is 297 g/mol. The molecule has 1 aliphatic carbocycles. The lowest BCUT2D eigenvalue weighted by atomic mass is 10.1. The molecule has 4 heteroatoms. The van der Waals surface area contributed by atoms with Crippen LogP contribution in [0, 0.1) is 17.2 Å². The fraction of sp³-hybridized carbons (Fsp3) is 0.556. The van der Waals surface area contributed by atoms with Gasteiger partial charge in [0.2, 0.25) is 5.91 Å². The van der Waals surface area contributed by atoms with E-state index in [-0.39, 0.29) is 0 Å². The van der Waals surface area contributed by atoms with Gasteiger partial charge in [-0.1, -0.05) is 25.0 Å². The van der Waals surface area contributed by atoms with Gasteiger partial charge in [-0.2, -0.15) is 5.26 Å². The van der Waals surface area contributed by atoms with Crippen molar-refractivity contribution in [2.24, 2.45) is 5.92 Å². The van der Waals surface area contributed by atoms with Crippen molar-refractivity contribution in [3.05, 3.63) is 35.4 Å². The highest BCUT2D eigenvalue weighted by Crippen LogP contribution is 2.27. The summed E-state index contributed by atoms with van der Waals surface area (Å²) in [6.07, 6.45) is 4.61. The van der Waals surface area contributed by atoms with Gasteiger partial charge in [0, 0.05) is 38.6 Å². The zero-order valence-corrected chi connectivity index (χ0v) is 13.0. The molecule has 1 aromatic carbocycles. The molecule has 1 aliphatic heterocycles.